The molecule has 0 unspecified atom stereocenters. The maximum atomic E-state index is 5.67. The molecule has 0 radical (unpaired) electrons. The molecule has 0 amide bonds. The van der Waals surface area contributed by atoms with E-state index in [2.05, 4.69) is 38.8 Å². The van der Waals surface area contributed by atoms with Gasteiger partial charge in [0.05, 0.1) is 12.7 Å². The molecule has 1 saturated heterocycles. The lowest BCUT2D eigenvalue weighted by atomic mass is 10.1. The Kier molecular flexibility index (Phi) is 5.27. The van der Waals surface area contributed by atoms with E-state index in [-0.39, 0.29) is 0 Å². The first-order valence-electron chi connectivity index (χ1n) is 6.25. The fraction of sp³-hybridized carbons (Fsp3) is 0.615. The summed E-state index contributed by atoms with van der Waals surface area (Å²) in [6.07, 6.45) is 4.33. The fourth-order valence-corrected chi connectivity index (χ4v) is 2.47. The van der Waals surface area contributed by atoms with E-state index in [1.54, 1.807) is 0 Å². The third-order valence-electron chi connectivity index (χ3n) is 3.23. The number of hydrogen-bond donors (Lipinski definition) is 0. The van der Waals surface area contributed by atoms with Gasteiger partial charge < -0.3 is 9.64 Å². The van der Waals surface area contributed by atoms with Crippen molar-refractivity contribution in [2.24, 2.45) is 0 Å². The van der Waals surface area contributed by atoms with Crippen LogP contribution in [0, 0.1) is 6.92 Å². The third-order valence-corrected chi connectivity index (χ3v) is 4.21. The highest BCUT2D eigenvalue weighted by atomic mass is 79.9. The van der Waals surface area contributed by atoms with E-state index in [1.807, 2.05) is 6.20 Å². The predicted molar refractivity (Wildman–Crippen MR) is 78.6 cm³/mol. The molecule has 18 heavy (non-hydrogen) atoms. The fourth-order valence-electron chi connectivity index (χ4n) is 2.16. The number of aromatic nitrogens is 1. The number of hydrogen-bond acceptors (Lipinski definition) is 3. The second-order valence-electron chi connectivity index (χ2n) is 4.54. The molecule has 1 aromatic heterocycles. The highest BCUT2D eigenvalue weighted by Crippen LogP contribution is 2.23. The zero-order valence-corrected chi connectivity index (χ0v) is 12.9. The number of halogens is 2. The summed E-state index contributed by atoms with van der Waals surface area (Å²) in [5.74, 6) is 1.64. The Bertz CT molecular complexity index is 395. The van der Waals surface area contributed by atoms with Crippen molar-refractivity contribution in [2.75, 3.05) is 30.5 Å². The lowest BCUT2D eigenvalue weighted by molar-refractivity contribution is 0.0471. The summed E-state index contributed by atoms with van der Waals surface area (Å²) in [4.78, 5) is 6.79. The Labute approximate surface area is 122 Å². The molecule has 0 aliphatic carbocycles. The molecule has 0 atom stereocenters. The minimum Gasteiger partial charge on any atom is -0.377 e. The van der Waals surface area contributed by atoms with Crippen LogP contribution in [0.2, 0.25) is 0 Å². The smallest absolute Gasteiger partial charge is 0.128 e. The first-order valence-corrected chi connectivity index (χ1v) is 7.58. The first kappa shape index (κ1) is 14.1. The Morgan fingerprint density at radius 2 is 2.22 bits per heavy atom. The number of aryl methyl sites for hydroxylation is 1. The van der Waals surface area contributed by atoms with Crippen molar-refractivity contribution in [3.63, 3.8) is 0 Å². The lowest BCUT2D eigenvalue weighted by Crippen LogP contribution is -2.37. The van der Waals surface area contributed by atoms with E-state index in [9.17, 15) is 0 Å². The van der Waals surface area contributed by atoms with Gasteiger partial charge in [0.1, 0.15) is 5.82 Å². The van der Waals surface area contributed by atoms with Gasteiger partial charge in [0.25, 0.3) is 0 Å². The highest BCUT2D eigenvalue weighted by molar-refractivity contribution is 9.10. The van der Waals surface area contributed by atoms with Gasteiger partial charge in [-0.05, 0) is 47.3 Å². The average Bonchev–Trinajstić information content (AvgIpc) is 2.40. The quantitative estimate of drug-likeness (QED) is 0.790. The number of piperidine rings is 1. The summed E-state index contributed by atoms with van der Waals surface area (Å²) in [7, 11) is 0. The molecule has 0 bridgehead atoms. The molecule has 2 heterocycles. The van der Waals surface area contributed by atoms with Crippen LogP contribution in [0.15, 0.2) is 16.7 Å². The van der Waals surface area contributed by atoms with Gasteiger partial charge in [-0.3, -0.25) is 0 Å². The standard InChI is InChI=1S/C13H18BrClN2O/c1-10-8-13(16-9-12(10)14)17-5-2-11(3-6-17)18-7-4-15/h8-9,11H,2-7H2,1H3. The topological polar surface area (TPSA) is 25.4 Å². The van der Waals surface area contributed by atoms with Gasteiger partial charge in [-0.2, -0.15) is 0 Å². The zero-order valence-electron chi connectivity index (χ0n) is 10.5. The molecule has 0 spiro atoms. The molecule has 0 aromatic carbocycles. The molecular formula is C13H18BrClN2O. The van der Waals surface area contributed by atoms with Crippen LogP contribution in [0.1, 0.15) is 18.4 Å². The van der Waals surface area contributed by atoms with Gasteiger partial charge in [0.2, 0.25) is 0 Å². The molecular weight excluding hydrogens is 316 g/mol. The number of alkyl halides is 1. The van der Waals surface area contributed by atoms with E-state index in [0.29, 0.717) is 18.6 Å². The summed E-state index contributed by atoms with van der Waals surface area (Å²) in [6, 6.07) is 2.13. The second-order valence-corrected chi connectivity index (χ2v) is 5.77. The molecule has 0 N–H and O–H groups in total. The molecule has 5 heteroatoms. The van der Waals surface area contributed by atoms with Crippen molar-refractivity contribution in [1.29, 1.82) is 0 Å². The average molecular weight is 334 g/mol. The van der Waals surface area contributed by atoms with Crippen molar-refractivity contribution >= 4 is 33.3 Å². The van der Waals surface area contributed by atoms with Gasteiger partial charge in [-0.1, -0.05) is 0 Å². The summed E-state index contributed by atoms with van der Waals surface area (Å²) < 4.78 is 6.73. The van der Waals surface area contributed by atoms with Crippen LogP contribution in [0.3, 0.4) is 0 Å². The number of pyridine rings is 1. The van der Waals surface area contributed by atoms with Crippen molar-refractivity contribution in [2.45, 2.75) is 25.9 Å². The van der Waals surface area contributed by atoms with E-state index < -0.39 is 0 Å². The van der Waals surface area contributed by atoms with Crippen LogP contribution in [0.25, 0.3) is 0 Å². The minimum absolute atomic E-state index is 0.358. The van der Waals surface area contributed by atoms with E-state index in [4.69, 9.17) is 16.3 Å². The minimum atomic E-state index is 0.358. The van der Waals surface area contributed by atoms with Crippen LogP contribution in [0.4, 0.5) is 5.82 Å². The van der Waals surface area contributed by atoms with Crippen molar-refractivity contribution in [3.8, 4) is 0 Å². The normalized spacial score (nSPS) is 17.2. The molecule has 1 aromatic rings. The Balaban J connectivity index is 1.90. The lowest BCUT2D eigenvalue weighted by Gasteiger charge is -2.32. The van der Waals surface area contributed by atoms with Crippen LogP contribution >= 0.6 is 27.5 Å². The number of ether oxygens (including phenoxy) is 1. The highest BCUT2D eigenvalue weighted by Gasteiger charge is 2.20. The van der Waals surface area contributed by atoms with Gasteiger partial charge in [0, 0.05) is 29.6 Å². The third kappa shape index (κ3) is 3.59. The molecule has 1 fully saturated rings. The molecule has 3 nitrogen and oxygen atoms in total. The maximum Gasteiger partial charge on any atom is 0.128 e. The van der Waals surface area contributed by atoms with Crippen molar-refractivity contribution in [3.05, 3.63) is 22.3 Å². The van der Waals surface area contributed by atoms with Crippen LogP contribution < -0.4 is 4.90 Å². The van der Waals surface area contributed by atoms with E-state index in [0.717, 1.165) is 36.2 Å². The molecule has 1 aliphatic heterocycles. The summed E-state index contributed by atoms with van der Waals surface area (Å²) in [5.41, 5.74) is 1.22. The molecule has 1 aliphatic rings. The van der Waals surface area contributed by atoms with Crippen molar-refractivity contribution < 1.29 is 4.74 Å². The van der Waals surface area contributed by atoms with Crippen LogP contribution in [-0.4, -0.2) is 36.7 Å². The SMILES string of the molecule is Cc1cc(N2CCC(OCCCl)CC2)ncc1Br. The van der Waals surface area contributed by atoms with Crippen LogP contribution in [0.5, 0.6) is 0 Å². The Morgan fingerprint density at radius 1 is 1.50 bits per heavy atom. The zero-order chi connectivity index (χ0) is 13.0. The predicted octanol–water partition coefficient (Wildman–Crippen LogP) is 3.38. The van der Waals surface area contributed by atoms with Gasteiger partial charge in [-0.15, -0.1) is 11.6 Å². The summed E-state index contributed by atoms with van der Waals surface area (Å²) in [5, 5.41) is 0. The Hall–Kier alpha value is -0.320. The number of nitrogens with zero attached hydrogens (tertiary/aromatic N) is 2. The van der Waals surface area contributed by atoms with Gasteiger partial charge in [-0.25, -0.2) is 4.98 Å². The molecule has 0 saturated carbocycles. The van der Waals surface area contributed by atoms with E-state index in [1.165, 1.54) is 5.56 Å². The number of rotatable bonds is 4. The monoisotopic (exact) mass is 332 g/mol. The Morgan fingerprint density at radius 3 is 2.83 bits per heavy atom. The molecule has 100 valence electrons. The summed E-state index contributed by atoms with van der Waals surface area (Å²) in [6.45, 7) is 4.75. The van der Waals surface area contributed by atoms with Gasteiger partial charge >= 0.3 is 0 Å². The molecule has 2 rings (SSSR count). The van der Waals surface area contributed by atoms with Gasteiger partial charge in [0.15, 0.2) is 0 Å². The van der Waals surface area contributed by atoms with E-state index >= 15 is 0 Å². The van der Waals surface area contributed by atoms with Crippen LogP contribution in [-0.2, 0) is 4.74 Å². The summed E-state index contributed by atoms with van der Waals surface area (Å²) >= 11 is 9.11. The maximum absolute atomic E-state index is 5.67. The second kappa shape index (κ2) is 6.73. The number of anilines is 1. The van der Waals surface area contributed by atoms with Crippen molar-refractivity contribution in [1.82, 2.24) is 4.98 Å². The first-order chi connectivity index (χ1) is 8.70. The largest absolute Gasteiger partial charge is 0.377 e.